The molecule has 2 rings (SSSR count). The first kappa shape index (κ1) is 10.8. The summed E-state index contributed by atoms with van der Waals surface area (Å²) in [5.74, 6) is 0.578. The second-order valence-corrected chi connectivity index (χ2v) is 3.56. The number of hydrogen-bond donors (Lipinski definition) is 3. The van der Waals surface area contributed by atoms with Gasteiger partial charge in [-0.2, -0.15) is 0 Å². The van der Waals surface area contributed by atoms with Gasteiger partial charge in [-0.25, -0.2) is 0 Å². The zero-order valence-corrected chi connectivity index (χ0v) is 8.90. The minimum Gasteiger partial charge on any atom is -0.477 e. The summed E-state index contributed by atoms with van der Waals surface area (Å²) in [6, 6.07) is 7.55. The molecule has 1 heterocycles. The van der Waals surface area contributed by atoms with Crippen molar-refractivity contribution >= 4 is 11.6 Å². The Morgan fingerprint density at radius 3 is 3.19 bits per heavy atom. The monoisotopic (exact) mass is 221 g/mol. The Labute approximate surface area is 94.0 Å². The lowest BCUT2D eigenvalue weighted by molar-refractivity contribution is -0.127. The van der Waals surface area contributed by atoms with Crippen molar-refractivity contribution in [3.63, 3.8) is 0 Å². The van der Waals surface area contributed by atoms with Crippen molar-refractivity contribution < 1.29 is 9.53 Å². The van der Waals surface area contributed by atoms with E-state index in [1.54, 1.807) is 0 Å². The number of amides is 1. The number of ether oxygens (including phenoxy) is 1. The second-order valence-electron chi connectivity index (χ2n) is 3.56. The van der Waals surface area contributed by atoms with E-state index in [0.717, 1.165) is 5.69 Å². The molecule has 1 aliphatic rings. The first-order valence-electron chi connectivity index (χ1n) is 5.28. The highest BCUT2D eigenvalue weighted by molar-refractivity contribution is 5.83. The maximum atomic E-state index is 11.6. The molecule has 0 saturated heterocycles. The fourth-order valence-electron chi connectivity index (χ4n) is 1.57. The summed E-state index contributed by atoms with van der Waals surface area (Å²) in [7, 11) is 0. The quantitative estimate of drug-likeness (QED) is 0.668. The van der Waals surface area contributed by atoms with Crippen molar-refractivity contribution in [3.05, 3.63) is 24.3 Å². The van der Waals surface area contributed by atoms with Gasteiger partial charge in [-0.1, -0.05) is 12.1 Å². The number of nitrogens with one attached hydrogen (secondary N) is 2. The van der Waals surface area contributed by atoms with E-state index in [9.17, 15) is 4.79 Å². The summed E-state index contributed by atoms with van der Waals surface area (Å²) >= 11 is 0. The zero-order valence-electron chi connectivity index (χ0n) is 8.90. The van der Waals surface area contributed by atoms with E-state index in [1.165, 1.54) is 0 Å². The van der Waals surface area contributed by atoms with Crippen molar-refractivity contribution in [2.45, 2.75) is 6.10 Å². The Hall–Kier alpha value is -1.75. The van der Waals surface area contributed by atoms with Crippen LogP contribution in [0.4, 0.5) is 5.69 Å². The molecule has 4 N–H and O–H groups in total. The molecule has 0 saturated carbocycles. The van der Waals surface area contributed by atoms with Gasteiger partial charge in [-0.05, 0) is 12.1 Å². The van der Waals surface area contributed by atoms with Crippen LogP contribution in [0.5, 0.6) is 5.75 Å². The molecule has 1 amide bonds. The predicted octanol–water partition coefficient (Wildman–Crippen LogP) is -0.0656. The average Bonchev–Trinajstić information content (AvgIpc) is 2.35. The number of hydrogen-bond acceptors (Lipinski definition) is 4. The van der Waals surface area contributed by atoms with Crippen LogP contribution < -0.4 is 21.1 Å². The van der Waals surface area contributed by atoms with E-state index in [1.807, 2.05) is 24.3 Å². The third-order valence-electron chi connectivity index (χ3n) is 2.37. The molecule has 1 aliphatic heterocycles. The average molecular weight is 221 g/mol. The highest BCUT2D eigenvalue weighted by Crippen LogP contribution is 2.27. The summed E-state index contributed by atoms with van der Waals surface area (Å²) < 4.78 is 5.58. The van der Waals surface area contributed by atoms with Crippen LogP contribution in [0, 0.1) is 0 Å². The van der Waals surface area contributed by atoms with Crippen LogP contribution in [0.1, 0.15) is 0 Å². The van der Waals surface area contributed by atoms with Gasteiger partial charge in [-0.3, -0.25) is 4.79 Å². The van der Waals surface area contributed by atoms with Crippen molar-refractivity contribution in [2.75, 3.05) is 25.0 Å². The van der Waals surface area contributed by atoms with Crippen molar-refractivity contribution in [2.24, 2.45) is 5.73 Å². The molecule has 0 fully saturated rings. The van der Waals surface area contributed by atoms with Crippen LogP contribution in [-0.2, 0) is 4.79 Å². The summed E-state index contributed by atoms with van der Waals surface area (Å²) in [5.41, 5.74) is 6.23. The van der Waals surface area contributed by atoms with E-state index in [-0.39, 0.29) is 5.91 Å². The lowest BCUT2D eigenvalue weighted by Crippen LogP contribution is -2.45. The van der Waals surface area contributed by atoms with Crippen molar-refractivity contribution in [1.82, 2.24) is 5.32 Å². The molecule has 0 spiro atoms. The molecule has 1 unspecified atom stereocenters. The molecule has 16 heavy (non-hydrogen) atoms. The molecule has 0 bridgehead atoms. The maximum absolute atomic E-state index is 11.6. The molecule has 1 aromatic carbocycles. The molecule has 0 radical (unpaired) electrons. The minimum atomic E-state index is -0.485. The molecule has 0 aliphatic carbocycles. The summed E-state index contributed by atoms with van der Waals surface area (Å²) in [6.45, 7) is 1.39. The molecular formula is C11H15N3O2. The van der Waals surface area contributed by atoms with E-state index in [2.05, 4.69) is 10.6 Å². The molecule has 0 aromatic heterocycles. The molecule has 5 heteroatoms. The number of anilines is 1. The number of benzene rings is 1. The smallest absolute Gasteiger partial charge is 0.262 e. The SMILES string of the molecule is NCCNC(=O)C1CNc2ccccc2O1. The van der Waals surface area contributed by atoms with Crippen molar-refractivity contribution in [3.8, 4) is 5.75 Å². The Balaban J connectivity index is 1.99. The first-order valence-corrected chi connectivity index (χ1v) is 5.28. The van der Waals surface area contributed by atoms with Gasteiger partial charge in [0, 0.05) is 13.1 Å². The predicted molar refractivity (Wildman–Crippen MR) is 61.4 cm³/mol. The Morgan fingerprint density at radius 1 is 1.56 bits per heavy atom. The topological polar surface area (TPSA) is 76.4 Å². The normalized spacial score (nSPS) is 17.9. The fraction of sp³-hybridized carbons (Fsp3) is 0.364. The zero-order chi connectivity index (χ0) is 11.4. The number of fused-ring (bicyclic) bond motifs is 1. The van der Waals surface area contributed by atoms with Gasteiger partial charge in [0.25, 0.3) is 5.91 Å². The van der Waals surface area contributed by atoms with E-state index in [0.29, 0.717) is 25.4 Å². The lowest BCUT2D eigenvalue weighted by atomic mass is 10.2. The Morgan fingerprint density at radius 2 is 2.38 bits per heavy atom. The fourth-order valence-corrected chi connectivity index (χ4v) is 1.57. The lowest BCUT2D eigenvalue weighted by Gasteiger charge is -2.26. The molecule has 1 aromatic rings. The number of carbonyl (C=O) groups is 1. The standard InChI is InChI=1S/C11H15N3O2/c12-5-6-13-11(15)10-7-14-8-3-1-2-4-9(8)16-10/h1-4,10,14H,5-7,12H2,(H,13,15). The van der Waals surface area contributed by atoms with E-state index in [4.69, 9.17) is 10.5 Å². The number of para-hydroxylation sites is 2. The van der Waals surface area contributed by atoms with Gasteiger partial charge in [-0.15, -0.1) is 0 Å². The van der Waals surface area contributed by atoms with Gasteiger partial charge >= 0.3 is 0 Å². The summed E-state index contributed by atoms with van der Waals surface area (Å²) in [5, 5.41) is 5.86. The Kier molecular flexibility index (Phi) is 3.26. The highest BCUT2D eigenvalue weighted by Gasteiger charge is 2.24. The van der Waals surface area contributed by atoms with Gasteiger partial charge in [0.05, 0.1) is 12.2 Å². The highest BCUT2D eigenvalue weighted by atomic mass is 16.5. The van der Waals surface area contributed by atoms with Gasteiger partial charge in [0.15, 0.2) is 6.10 Å². The number of nitrogens with two attached hydrogens (primary N) is 1. The van der Waals surface area contributed by atoms with E-state index >= 15 is 0 Å². The van der Waals surface area contributed by atoms with E-state index < -0.39 is 6.10 Å². The molecule has 5 nitrogen and oxygen atoms in total. The number of carbonyl (C=O) groups excluding carboxylic acids is 1. The van der Waals surface area contributed by atoms with Crippen LogP contribution in [0.25, 0.3) is 0 Å². The second kappa shape index (κ2) is 4.85. The maximum Gasteiger partial charge on any atom is 0.262 e. The summed E-state index contributed by atoms with van der Waals surface area (Å²) in [6.07, 6.45) is -0.485. The van der Waals surface area contributed by atoms with Gasteiger partial charge in [0.1, 0.15) is 5.75 Å². The van der Waals surface area contributed by atoms with Crippen LogP contribution in [0.15, 0.2) is 24.3 Å². The van der Waals surface area contributed by atoms with Gasteiger partial charge in [0.2, 0.25) is 0 Å². The molecule has 86 valence electrons. The molecular weight excluding hydrogens is 206 g/mol. The summed E-state index contributed by atoms with van der Waals surface area (Å²) in [4.78, 5) is 11.6. The van der Waals surface area contributed by atoms with Crippen LogP contribution in [0.2, 0.25) is 0 Å². The van der Waals surface area contributed by atoms with Crippen molar-refractivity contribution in [1.29, 1.82) is 0 Å². The third kappa shape index (κ3) is 2.25. The Bertz CT molecular complexity index is 381. The number of rotatable bonds is 3. The van der Waals surface area contributed by atoms with Crippen LogP contribution in [-0.4, -0.2) is 31.6 Å². The van der Waals surface area contributed by atoms with Gasteiger partial charge < -0.3 is 21.1 Å². The largest absolute Gasteiger partial charge is 0.477 e. The first-order chi connectivity index (χ1) is 7.81. The third-order valence-corrected chi connectivity index (χ3v) is 2.37. The minimum absolute atomic E-state index is 0.132. The van der Waals surface area contributed by atoms with Crippen LogP contribution >= 0.6 is 0 Å². The van der Waals surface area contributed by atoms with Crippen LogP contribution in [0.3, 0.4) is 0 Å². The molecule has 1 atom stereocenters.